The molecule has 0 aromatic carbocycles. The molecular weight excluding hydrogens is 164 g/mol. The third-order valence-electron chi connectivity index (χ3n) is 2.67. The van der Waals surface area contributed by atoms with Gasteiger partial charge in [-0.3, -0.25) is 4.79 Å². The van der Waals surface area contributed by atoms with Crippen molar-refractivity contribution in [1.82, 2.24) is 10.2 Å². The Morgan fingerprint density at radius 1 is 1.46 bits per heavy atom. The molecule has 1 amide bonds. The van der Waals surface area contributed by atoms with Gasteiger partial charge < -0.3 is 10.2 Å². The van der Waals surface area contributed by atoms with E-state index in [-0.39, 0.29) is 11.9 Å². The zero-order valence-corrected chi connectivity index (χ0v) is 9.00. The third-order valence-corrected chi connectivity index (χ3v) is 2.67. The van der Waals surface area contributed by atoms with E-state index in [0.717, 1.165) is 13.0 Å². The highest BCUT2D eigenvalue weighted by molar-refractivity contribution is 5.82. The van der Waals surface area contributed by atoms with Crippen molar-refractivity contribution in [2.24, 2.45) is 0 Å². The van der Waals surface area contributed by atoms with E-state index in [1.807, 2.05) is 11.8 Å². The Labute approximate surface area is 80.5 Å². The maximum Gasteiger partial charge on any atom is 0.239 e. The molecule has 1 heterocycles. The Bertz CT molecular complexity index is 191. The molecule has 1 fully saturated rings. The lowest BCUT2D eigenvalue weighted by Crippen LogP contribution is -2.47. The first-order valence-electron chi connectivity index (χ1n) is 5.09. The molecule has 0 spiro atoms. The number of rotatable bonds is 1. The number of nitrogens with zero attached hydrogens (tertiary/aromatic N) is 1. The van der Waals surface area contributed by atoms with Crippen molar-refractivity contribution < 1.29 is 4.79 Å². The molecule has 1 N–H and O–H groups in total. The van der Waals surface area contributed by atoms with Gasteiger partial charge in [-0.2, -0.15) is 0 Å². The van der Waals surface area contributed by atoms with Gasteiger partial charge in [0, 0.05) is 12.1 Å². The van der Waals surface area contributed by atoms with Gasteiger partial charge >= 0.3 is 0 Å². The molecule has 3 heteroatoms. The average Bonchev–Trinajstić information content (AvgIpc) is 2.13. The molecule has 0 aromatic rings. The zero-order chi connectivity index (χ0) is 10.0. The van der Waals surface area contributed by atoms with Crippen molar-refractivity contribution in [3.8, 4) is 0 Å². The Hall–Kier alpha value is -0.570. The Balaban J connectivity index is 2.78. The second kappa shape index (κ2) is 4.09. The monoisotopic (exact) mass is 184 g/mol. The molecule has 13 heavy (non-hydrogen) atoms. The van der Waals surface area contributed by atoms with Crippen LogP contribution in [-0.4, -0.2) is 35.5 Å². The van der Waals surface area contributed by atoms with Crippen LogP contribution in [0.1, 0.15) is 34.1 Å². The second-order valence-corrected chi connectivity index (χ2v) is 4.15. The van der Waals surface area contributed by atoms with Crippen molar-refractivity contribution in [1.29, 1.82) is 0 Å². The van der Waals surface area contributed by atoms with E-state index in [0.29, 0.717) is 12.1 Å². The molecule has 1 aliphatic heterocycles. The van der Waals surface area contributed by atoms with Gasteiger partial charge in [0.2, 0.25) is 5.91 Å². The van der Waals surface area contributed by atoms with Crippen LogP contribution in [0.15, 0.2) is 0 Å². The van der Waals surface area contributed by atoms with Gasteiger partial charge in [0.05, 0.1) is 6.04 Å². The van der Waals surface area contributed by atoms with Gasteiger partial charge in [-0.05, 0) is 40.7 Å². The van der Waals surface area contributed by atoms with E-state index in [2.05, 4.69) is 26.1 Å². The fourth-order valence-corrected chi connectivity index (χ4v) is 1.94. The lowest BCUT2D eigenvalue weighted by atomic mass is 10.1. The lowest BCUT2D eigenvalue weighted by molar-refractivity contribution is -0.135. The predicted octanol–water partition coefficient (Wildman–Crippen LogP) is 0.994. The molecule has 3 nitrogen and oxygen atoms in total. The SMILES string of the molecule is CC1NCCC(C)N(C(C)C)C1=O. The molecule has 2 atom stereocenters. The Morgan fingerprint density at radius 2 is 2.08 bits per heavy atom. The van der Waals surface area contributed by atoms with Crippen LogP contribution in [0.4, 0.5) is 0 Å². The molecule has 76 valence electrons. The highest BCUT2D eigenvalue weighted by atomic mass is 16.2. The fourth-order valence-electron chi connectivity index (χ4n) is 1.94. The van der Waals surface area contributed by atoms with Gasteiger partial charge in [0.1, 0.15) is 0 Å². The number of amides is 1. The maximum atomic E-state index is 11.9. The standard InChI is InChI=1S/C10H20N2O/c1-7(2)12-8(3)5-6-11-9(4)10(12)13/h7-9,11H,5-6H2,1-4H3. The molecule has 0 aromatic heterocycles. The largest absolute Gasteiger partial charge is 0.336 e. The molecule has 2 unspecified atom stereocenters. The van der Waals surface area contributed by atoms with Gasteiger partial charge in [0.25, 0.3) is 0 Å². The van der Waals surface area contributed by atoms with Crippen LogP contribution in [0, 0.1) is 0 Å². The third kappa shape index (κ3) is 2.21. The molecule has 0 saturated carbocycles. The summed E-state index contributed by atoms with van der Waals surface area (Å²) >= 11 is 0. The van der Waals surface area contributed by atoms with Crippen molar-refractivity contribution in [3.05, 3.63) is 0 Å². The number of carbonyl (C=O) groups excluding carboxylic acids is 1. The minimum atomic E-state index is -0.0210. The van der Waals surface area contributed by atoms with Gasteiger partial charge in [-0.1, -0.05) is 0 Å². The van der Waals surface area contributed by atoms with E-state index in [9.17, 15) is 4.79 Å². The molecule has 0 aliphatic carbocycles. The van der Waals surface area contributed by atoms with Crippen LogP contribution < -0.4 is 5.32 Å². The summed E-state index contributed by atoms with van der Waals surface area (Å²) in [5.74, 6) is 0.236. The van der Waals surface area contributed by atoms with Crippen LogP contribution in [0.2, 0.25) is 0 Å². The summed E-state index contributed by atoms with van der Waals surface area (Å²) in [4.78, 5) is 13.9. The first-order valence-corrected chi connectivity index (χ1v) is 5.09. The van der Waals surface area contributed by atoms with Crippen LogP contribution in [-0.2, 0) is 4.79 Å². The van der Waals surface area contributed by atoms with Gasteiger partial charge in [-0.15, -0.1) is 0 Å². The molecular formula is C10H20N2O. The van der Waals surface area contributed by atoms with Crippen molar-refractivity contribution in [3.63, 3.8) is 0 Å². The number of nitrogens with one attached hydrogen (secondary N) is 1. The smallest absolute Gasteiger partial charge is 0.239 e. The Morgan fingerprint density at radius 3 is 2.62 bits per heavy atom. The molecule has 0 bridgehead atoms. The minimum Gasteiger partial charge on any atom is -0.336 e. The van der Waals surface area contributed by atoms with Crippen molar-refractivity contribution in [2.45, 2.75) is 52.2 Å². The molecule has 1 aliphatic rings. The highest BCUT2D eigenvalue weighted by Gasteiger charge is 2.29. The van der Waals surface area contributed by atoms with E-state index in [1.54, 1.807) is 0 Å². The van der Waals surface area contributed by atoms with Crippen LogP contribution >= 0.6 is 0 Å². The van der Waals surface area contributed by atoms with Crippen LogP contribution in [0.3, 0.4) is 0 Å². The fraction of sp³-hybridized carbons (Fsp3) is 0.900. The zero-order valence-electron chi connectivity index (χ0n) is 9.00. The van der Waals surface area contributed by atoms with Crippen LogP contribution in [0.5, 0.6) is 0 Å². The highest BCUT2D eigenvalue weighted by Crippen LogP contribution is 2.13. The van der Waals surface area contributed by atoms with Crippen molar-refractivity contribution >= 4 is 5.91 Å². The predicted molar refractivity (Wildman–Crippen MR) is 53.5 cm³/mol. The normalized spacial score (nSPS) is 30.8. The van der Waals surface area contributed by atoms with E-state index in [1.165, 1.54) is 0 Å². The summed E-state index contributed by atoms with van der Waals surface area (Å²) in [6.45, 7) is 9.16. The summed E-state index contributed by atoms with van der Waals surface area (Å²) in [6.07, 6.45) is 1.05. The molecule has 1 rings (SSSR count). The summed E-state index contributed by atoms with van der Waals surface area (Å²) in [7, 11) is 0. The van der Waals surface area contributed by atoms with E-state index < -0.39 is 0 Å². The number of hydrogen-bond acceptors (Lipinski definition) is 2. The number of hydrogen-bond donors (Lipinski definition) is 1. The molecule has 1 saturated heterocycles. The maximum absolute atomic E-state index is 11.9. The topological polar surface area (TPSA) is 32.3 Å². The second-order valence-electron chi connectivity index (χ2n) is 4.15. The summed E-state index contributed by atoms with van der Waals surface area (Å²) in [6, 6.07) is 0.655. The van der Waals surface area contributed by atoms with E-state index >= 15 is 0 Å². The quantitative estimate of drug-likeness (QED) is 0.659. The lowest BCUT2D eigenvalue weighted by Gasteiger charge is -2.32. The minimum absolute atomic E-state index is 0.0210. The average molecular weight is 184 g/mol. The molecule has 0 radical (unpaired) electrons. The summed E-state index contributed by atoms with van der Waals surface area (Å²) in [5, 5.41) is 3.22. The van der Waals surface area contributed by atoms with Gasteiger partial charge in [-0.25, -0.2) is 0 Å². The van der Waals surface area contributed by atoms with E-state index in [4.69, 9.17) is 0 Å². The van der Waals surface area contributed by atoms with Crippen molar-refractivity contribution in [2.75, 3.05) is 6.54 Å². The van der Waals surface area contributed by atoms with Crippen LogP contribution in [0.25, 0.3) is 0 Å². The summed E-state index contributed by atoms with van der Waals surface area (Å²) < 4.78 is 0. The first-order chi connectivity index (χ1) is 6.04. The summed E-state index contributed by atoms with van der Waals surface area (Å²) in [5.41, 5.74) is 0. The number of carbonyl (C=O) groups is 1. The van der Waals surface area contributed by atoms with Gasteiger partial charge in [0.15, 0.2) is 0 Å². The first kappa shape index (κ1) is 10.5. The Kier molecular flexibility index (Phi) is 3.31.